The summed E-state index contributed by atoms with van der Waals surface area (Å²) in [5.41, 5.74) is 1.10. The van der Waals surface area contributed by atoms with E-state index < -0.39 is 0 Å². The highest BCUT2D eigenvalue weighted by Gasteiger charge is 2.31. The fourth-order valence-electron chi connectivity index (χ4n) is 3.74. The maximum absolute atomic E-state index is 13.4. The van der Waals surface area contributed by atoms with E-state index in [1.165, 1.54) is 12.1 Å². The van der Waals surface area contributed by atoms with Crippen LogP contribution in [0, 0.1) is 11.7 Å². The van der Waals surface area contributed by atoms with Crippen LogP contribution in [0.15, 0.2) is 55.0 Å². The Morgan fingerprint density at radius 1 is 1.13 bits per heavy atom. The summed E-state index contributed by atoms with van der Waals surface area (Å²) in [6, 6.07) is 9.68. The second kappa shape index (κ2) is 8.52. The molecule has 3 aromatic rings. The lowest BCUT2D eigenvalue weighted by Crippen LogP contribution is -2.40. The van der Waals surface area contributed by atoms with Crippen LogP contribution in [0.2, 0.25) is 0 Å². The quantitative estimate of drug-likeness (QED) is 0.606. The smallest absolute Gasteiger partial charge is 0.309 e. The van der Waals surface area contributed by atoms with E-state index in [1.54, 1.807) is 34.8 Å². The number of carbonyl (C=O) groups excluding carboxylic acids is 2. The Bertz CT molecular complexity index is 1020. The molecule has 1 saturated heterocycles. The second-order valence-electron chi connectivity index (χ2n) is 7.18. The first-order chi connectivity index (χ1) is 14.6. The fraction of sp³-hybridized carbons (Fsp3) is 0.318. The van der Waals surface area contributed by atoms with Gasteiger partial charge in [0.2, 0.25) is 0 Å². The molecule has 1 fully saturated rings. The topological polar surface area (TPSA) is 69.4 Å². The molecule has 3 heterocycles. The summed E-state index contributed by atoms with van der Waals surface area (Å²) >= 11 is 0. The molecule has 0 atom stereocenters. The highest BCUT2D eigenvalue weighted by molar-refractivity contribution is 5.97. The summed E-state index contributed by atoms with van der Waals surface area (Å²) in [5.74, 6) is -0.255. The first-order valence-corrected chi connectivity index (χ1v) is 10.0. The molecule has 0 bridgehead atoms. The monoisotopic (exact) mass is 410 g/mol. The summed E-state index contributed by atoms with van der Waals surface area (Å²) in [7, 11) is 0. The van der Waals surface area contributed by atoms with E-state index in [-0.39, 0.29) is 23.6 Å². The molecule has 0 saturated carbocycles. The number of nitrogens with zero attached hydrogens (tertiary/aromatic N) is 4. The normalized spacial score (nSPS) is 14.7. The minimum atomic E-state index is -0.339. The number of esters is 1. The van der Waals surface area contributed by atoms with Gasteiger partial charge in [0.25, 0.3) is 5.91 Å². The van der Waals surface area contributed by atoms with Crippen LogP contribution in [0.3, 0.4) is 0 Å². The molecule has 1 aliphatic rings. The van der Waals surface area contributed by atoms with Gasteiger partial charge in [0.15, 0.2) is 5.82 Å². The van der Waals surface area contributed by atoms with E-state index in [0.29, 0.717) is 49.6 Å². The molecule has 30 heavy (non-hydrogen) atoms. The lowest BCUT2D eigenvalue weighted by molar-refractivity contribution is -0.149. The summed E-state index contributed by atoms with van der Waals surface area (Å²) in [4.78, 5) is 27.0. The molecule has 0 aliphatic carbocycles. The molecule has 0 N–H and O–H groups in total. The van der Waals surface area contributed by atoms with Crippen LogP contribution in [0.4, 0.5) is 4.39 Å². The molecule has 0 radical (unpaired) electrons. The van der Waals surface area contributed by atoms with Gasteiger partial charge in [0.05, 0.1) is 24.4 Å². The van der Waals surface area contributed by atoms with Crippen LogP contribution in [0.1, 0.15) is 30.1 Å². The predicted molar refractivity (Wildman–Crippen MR) is 108 cm³/mol. The van der Waals surface area contributed by atoms with Crippen molar-refractivity contribution in [2.24, 2.45) is 5.92 Å². The number of carbonyl (C=O) groups is 2. The fourth-order valence-corrected chi connectivity index (χ4v) is 3.74. The van der Waals surface area contributed by atoms with Crippen molar-refractivity contribution in [1.82, 2.24) is 19.2 Å². The van der Waals surface area contributed by atoms with Gasteiger partial charge in [-0.25, -0.2) is 9.07 Å². The van der Waals surface area contributed by atoms with E-state index in [0.717, 1.165) is 0 Å². The van der Waals surface area contributed by atoms with E-state index >= 15 is 0 Å². The maximum Gasteiger partial charge on any atom is 0.309 e. The van der Waals surface area contributed by atoms with Gasteiger partial charge < -0.3 is 14.2 Å². The van der Waals surface area contributed by atoms with Crippen LogP contribution in [0.25, 0.3) is 11.5 Å². The summed E-state index contributed by atoms with van der Waals surface area (Å²) < 4.78 is 21.9. The Labute approximate surface area is 173 Å². The minimum absolute atomic E-state index is 0.144. The van der Waals surface area contributed by atoms with Crippen LogP contribution < -0.4 is 0 Å². The molecule has 2 aromatic heterocycles. The van der Waals surface area contributed by atoms with Gasteiger partial charge in [-0.3, -0.25) is 9.59 Å². The van der Waals surface area contributed by atoms with Crippen molar-refractivity contribution in [3.05, 3.63) is 66.4 Å². The Kier molecular flexibility index (Phi) is 5.65. The van der Waals surface area contributed by atoms with Crippen molar-refractivity contribution in [3.8, 4) is 11.5 Å². The van der Waals surface area contributed by atoms with Crippen molar-refractivity contribution in [3.63, 3.8) is 0 Å². The number of rotatable bonds is 5. The molecule has 156 valence electrons. The number of ether oxygens (including phenoxy) is 1. The van der Waals surface area contributed by atoms with Crippen molar-refractivity contribution in [2.75, 3.05) is 19.7 Å². The molecule has 0 unspecified atom stereocenters. The second-order valence-corrected chi connectivity index (χ2v) is 7.18. The van der Waals surface area contributed by atoms with Gasteiger partial charge in [0, 0.05) is 25.5 Å². The molecule has 4 rings (SSSR count). The third-order valence-electron chi connectivity index (χ3n) is 5.30. The Balaban J connectivity index is 1.61. The number of halogens is 1. The van der Waals surface area contributed by atoms with Crippen molar-refractivity contribution < 1.29 is 18.7 Å². The first-order valence-electron chi connectivity index (χ1n) is 10.0. The van der Waals surface area contributed by atoms with Crippen molar-refractivity contribution >= 4 is 11.9 Å². The summed E-state index contributed by atoms with van der Waals surface area (Å²) in [6.45, 7) is 3.11. The number of likely N-dealkylation sites (tertiary alicyclic amines) is 1. The number of hydrogen-bond acceptors (Lipinski definition) is 4. The zero-order valence-electron chi connectivity index (χ0n) is 16.7. The molecular weight excluding hydrogens is 387 g/mol. The first kappa shape index (κ1) is 19.9. The number of hydrogen-bond donors (Lipinski definition) is 0. The Morgan fingerprint density at radius 2 is 1.80 bits per heavy atom. The average molecular weight is 410 g/mol. The summed E-state index contributed by atoms with van der Waals surface area (Å²) in [5, 5.41) is 4.41. The number of aromatic nitrogens is 3. The molecule has 8 heteroatoms. The average Bonchev–Trinajstić information content (AvgIpc) is 3.44. The van der Waals surface area contributed by atoms with Crippen LogP contribution in [0.5, 0.6) is 0 Å². The van der Waals surface area contributed by atoms with Gasteiger partial charge in [-0.15, -0.1) is 0 Å². The molecular formula is C22H23FN4O3. The molecule has 7 nitrogen and oxygen atoms in total. The maximum atomic E-state index is 13.4. The highest BCUT2D eigenvalue weighted by atomic mass is 19.1. The highest BCUT2D eigenvalue weighted by Crippen LogP contribution is 2.25. The lowest BCUT2D eigenvalue weighted by atomic mass is 9.96. The van der Waals surface area contributed by atoms with Gasteiger partial charge in [0.1, 0.15) is 11.4 Å². The van der Waals surface area contributed by atoms with Gasteiger partial charge in [-0.05, 0) is 56.2 Å². The lowest BCUT2D eigenvalue weighted by Gasteiger charge is -2.30. The van der Waals surface area contributed by atoms with Crippen LogP contribution in [-0.4, -0.2) is 50.8 Å². The molecule has 1 aliphatic heterocycles. The zero-order chi connectivity index (χ0) is 21.1. The van der Waals surface area contributed by atoms with Gasteiger partial charge in [-0.2, -0.15) is 5.10 Å². The third-order valence-corrected chi connectivity index (χ3v) is 5.30. The minimum Gasteiger partial charge on any atom is -0.466 e. The van der Waals surface area contributed by atoms with Crippen LogP contribution >= 0.6 is 0 Å². The summed E-state index contributed by atoms with van der Waals surface area (Å²) in [6.07, 6.45) is 6.37. The van der Waals surface area contributed by atoms with Gasteiger partial charge in [-0.1, -0.05) is 0 Å². The molecule has 1 aromatic carbocycles. The van der Waals surface area contributed by atoms with Gasteiger partial charge >= 0.3 is 5.97 Å². The Hall–Kier alpha value is -3.42. The Morgan fingerprint density at radius 3 is 2.43 bits per heavy atom. The number of piperidine rings is 1. The van der Waals surface area contributed by atoms with E-state index in [2.05, 4.69) is 5.10 Å². The third kappa shape index (κ3) is 3.85. The largest absolute Gasteiger partial charge is 0.466 e. The standard InChI is InChI=1S/C22H23FN4O3/c1-2-30-22(29)16-9-13-26(14-10-16)21(28)19-15-24-27(18-7-5-17(23)6-8-18)20(19)25-11-3-4-12-25/h3-8,11-12,15-16H,2,9-10,13-14H2,1H3. The van der Waals surface area contributed by atoms with E-state index in [9.17, 15) is 14.0 Å². The number of benzene rings is 1. The predicted octanol–water partition coefficient (Wildman–Crippen LogP) is 3.22. The molecule has 0 spiro atoms. The van der Waals surface area contributed by atoms with E-state index in [4.69, 9.17) is 4.74 Å². The molecule has 1 amide bonds. The van der Waals surface area contributed by atoms with Crippen molar-refractivity contribution in [1.29, 1.82) is 0 Å². The van der Waals surface area contributed by atoms with Crippen molar-refractivity contribution in [2.45, 2.75) is 19.8 Å². The SMILES string of the molecule is CCOC(=O)C1CCN(C(=O)c2cnn(-c3ccc(F)cc3)c2-n2cccc2)CC1. The van der Waals surface area contributed by atoms with Crippen LogP contribution in [-0.2, 0) is 9.53 Å². The zero-order valence-corrected chi connectivity index (χ0v) is 16.7. The number of amides is 1. The van der Waals surface area contributed by atoms with E-state index in [1.807, 2.05) is 29.1 Å².